The van der Waals surface area contributed by atoms with Crippen LogP contribution in [0, 0.1) is 12.3 Å². The quantitative estimate of drug-likeness (QED) is 0.623. The van der Waals surface area contributed by atoms with Gasteiger partial charge >= 0.3 is 0 Å². The van der Waals surface area contributed by atoms with Crippen LogP contribution in [0.3, 0.4) is 0 Å². The second kappa shape index (κ2) is 5.88. The maximum absolute atomic E-state index is 5.18. The van der Waals surface area contributed by atoms with E-state index in [0.29, 0.717) is 0 Å². The van der Waals surface area contributed by atoms with Gasteiger partial charge in [-0.2, -0.15) is 5.10 Å². The highest BCUT2D eigenvalue weighted by Crippen LogP contribution is 2.07. The van der Waals surface area contributed by atoms with Crippen molar-refractivity contribution in [2.75, 3.05) is 6.54 Å². The summed E-state index contributed by atoms with van der Waals surface area (Å²) in [7, 11) is 0. The third-order valence-electron chi connectivity index (χ3n) is 2.43. The topological polar surface area (TPSA) is 29.9 Å². The molecule has 0 spiro atoms. The third kappa shape index (κ3) is 3.20. The van der Waals surface area contributed by atoms with Crippen LogP contribution in [0.2, 0.25) is 0 Å². The molecule has 3 heteroatoms. The van der Waals surface area contributed by atoms with Crippen LogP contribution in [0.4, 0.5) is 0 Å². The lowest BCUT2D eigenvalue weighted by Gasteiger charge is -2.00. The number of rotatable bonds is 5. The minimum atomic E-state index is 0.757. The monoisotopic (exact) mass is 225 g/mol. The summed E-state index contributed by atoms with van der Waals surface area (Å²) in [6.45, 7) is 1.64. The van der Waals surface area contributed by atoms with Crippen molar-refractivity contribution in [2.45, 2.75) is 13.0 Å². The van der Waals surface area contributed by atoms with E-state index in [4.69, 9.17) is 6.42 Å². The van der Waals surface area contributed by atoms with Gasteiger partial charge in [0.2, 0.25) is 0 Å². The van der Waals surface area contributed by atoms with Crippen LogP contribution in [0.1, 0.15) is 12.0 Å². The summed E-state index contributed by atoms with van der Waals surface area (Å²) in [5.41, 5.74) is 2.23. The Morgan fingerprint density at radius 1 is 1.29 bits per heavy atom. The van der Waals surface area contributed by atoms with Crippen molar-refractivity contribution in [2.24, 2.45) is 0 Å². The fourth-order valence-corrected chi connectivity index (χ4v) is 1.57. The Morgan fingerprint density at radius 3 is 2.88 bits per heavy atom. The summed E-state index contributed by atoms with van der Waals surface area (Å²) in [5, 5.41) is 7.59. The molecule has 1 N–H and O–H groups in total. The van der Waals surface area contributed by atoms with Crippen molar-refractivity contribution < 1.29 is 0 Å². The summed E-state index contributed by atoms with van der Waals surface area (Å²) in [5.74, 6) is 2.60. The predicted octanol–water partition coefficient (Wildman–Crippen LogP) is 1.99. The molecule has 0 fully saturated rings. The molecule has 1 heterocycles. The summed E-state index contributed by atoms with van der Waals surface area (Å²) >= 11 is 0. The molecule has 1 aromatic carbocycles. The minimum absolute atomic E-state index is 0.757. The van der Waals surface area contributed by atoms with E-state index in [2.05, 4.69) is 16.3 Å². The van der Waals surface area contributed by atoms with E-state index in [-0.39, 0.29) is 0 Å². The number of hydrogen-bond acceptors (Lipinski definition) is 2. The van der Waals surface area contributed by atoms with Crippen LogP contribution >= 0.6 is 0 Å². The van der Waals surface area contributed by atoms with Crippen molar-refractivity contribution in [1.29, 1.82) is 0 Å². The second-order valence-corrected chi connectivity index (χ2v) is 3.76. The molecule has 0 bridgehead atoms. The molecule has 0 saturated carbocycles. The first-order valence-corrected chi connectivity index (χ1v) is 5.63. The first-order chi connectivity index (χ1) is 8.40. The molecule has 2 aromatic rings. The highest BCUT2D eigenvalue weighted by Gasteiger charge is 1.99. The van der Waals surface area contributed by atoms with Crippen molar-refractivity contribution >= 4 is 0 Å². The van der Waals surface area contributed by atoms with Crippen LogP contribution in [0.5, 0.6) is 0 Å². The van der Waals surface area contributed by atoms with Gasteiger partial charge < -0.3 is 5.32 Å². The normalized spacial score (nSPS) is 10.1. The first-order valence-electron chi connectivity index (χ1n) is 5.63. The molecule has 0 unspecified atom stereocenters. The number of benzene rings is 1. The van der Waals surface area contributed by atoms with Crippen molar-refractivity contribution in [3.05, 3.63) is 48.3 Å². The SMILES string of the molecule is C#CCCNCc1cnn(-c2ccccc2)c1. The maximum atomic E-state index is 5.18. The molecular formula is C14H15N3. The Balaban J connectivity index is 1.95. The molecule has 0 aliphatic heterocycles. The van der Waals surface area contributed by atoms with Gasteiger partial charge in [-0.05, 0) is 12.1 Å². The van der Waals surface area contributed by atoms with Crippen LogP contribution in [-0.4, -0.2) is 16.3 Å². The molecule has 1 aromatic heterocycles. The molecule has 0 aliphatic carbocycles. The zero-order valence-corrected chi connectivity index (χ0v) is 9.63. The van der Waals surface area contributed by atoms with Gasteiger partial charge in [0.25, 0.3) is 0 Å². The van der Waals surface area contributed by atoms with Crippen LogP contribution in [0.25, 0.3) is 5.69 Å². The van der Waals surface area contributed by atoms with E-state index >= 15 is 0 Å². The maximum Gasteiger partial charge on any atom is 0.0645 e. The molecule has 0 atom stereocenters. The molecular weight excluding hydrogens is 210 g/mol. The highest BCUT2D eigenvalue weighted by atomic mass is 15.3. The van der Waals surface area contributed by atoms with E-state index in [1.54, 1.807) is 0 Å². The number of para-hydroxylation sites is 1. The van der Waals surface area contributed by atoms with Gasteiger partial charge in [-0.15, -0.1) is 12.3 Å². The number of hydrogen-bond donors (Lipinski definition) is 1. The fraction of sp³-hybridized carbons (Fsp3) is 0.214. The molecule has 0 aliphatic rings. The molecule has 0 amide bonds. The zero-order valence-electron chi connectivity index (χ0n) is 9.63. The summed E-state index contributed by atoms with van der Waals surface area (Å²) in [6, 6.07) is 10.1. The standard InChI is InChI=1S/C14H15N3/c1-2-3-9-15-10-13-11-16-17(12-13)14-7-5-4-6-8-14/h1,4-8,11-12,15H,3,9-10H2. The molecule has 86 valence electrons. The molecule has 3 nitrogen and oxygen atoms in total. The Morgan fingerprint density at radius 2 is 2.12 bits per heavy atom. The summed E-state index contributed by atoms with van der Waals surface area (Å²) in [4.78, 5) is 0. The number of nitrogens with one attached hydrogen (secondary N) is 1. The van der Waals surface area contributed by atoms with Gasteiger partial charge in [0.1, 0.15) is 0 Å². The van der Waals surface area contributed by atoms with Crippen LogP contribution in [0.15, 0.2) is 42.7 Å². The molecule has 17 heavy (non-hydrogen) atoms. The van der Waals surface area contributed by atoms with E-state index in [0.717, 1.165) is 30.8 Å². The van der Waals surface area contributed by atoms with Crippen LogP contribution < -0.4 is 5.32 Å². The first kappa shape index (κ1) is 11.4. The van der Waals surface area contributed by atoms with E-state index in [1.165, 1.54) is 0 Å². The van der Waals surface area contributed by atoms with E-state index in [9.17, 15) is 0 Å². The molecule has 0 radical (unpaired) electrons. The largest absolute Gasteiger partial charge is 0.312 e. The average molecular weight is 225 g/mol. The zero-order chi connectivity index (χ0) is 11.9. The van der Waals surface area contributed by atoms with Crippen molar-refractivity contribution in [3.8, 4) is 18.0 Å². The predicted molar refractivity (Wildman–Crippen MR) is 68.7 cm³/mol. The summed E-state index contributed by atoms with van der Waals surface area (Å²) < 4.78 is 1.87. The van der Waals surface area contributed by atoms with E-state index < -0.39 is 0 Å². The second-order valence-electron chi connectivity index (χ2n) is 3.76. The number of nitrogens with zero attached hydrogens (tertiary/aromatic N) is 2. The van der Waals surface area contributed by atoms with Gasteiger partial charge in [0.05, 0.1) is 11.9 Å². The Hall–Kier alpha value is -2.05. The van der Waals surface area contributed by atoms with Gasteiger partial charge in [-0.25, -0.2) is 4.68 Å². The average Bonchev–Trinajstić information content (AvgIpc) is 2.85. The van der Waals surface area contributed by atoms with Crippen molar-refractivity contribution in [1.82, 2.24) is 15.1 Å². The third-order valence-corrected chi connectivity index (χ3v) is 2.43. The van der Waals surface area contributed by atoms with Crippen LogP contribution in [-0.2, 0) is 6.54 Å². The van der Waals surface area contributed by atoms with Gasteiger partial charge in [-0.3, -0.25) is 0 Å². The minimum Gasteiger partial charge on any atom is -0.312 e. The smallest absolute Gasteiger partial charge is 0.0645 e. The summed E-state index contributed by atoms with van der Waals surface area (Å²) in [6.07, 6.45) is 9.84. The Labute approximate surface area is 101 Å². The van der Waals surface area contributed by atoms with Gasteiger partial charge in [-0.1, -0.05) is 18.2 Å². The molecule has 0 saturated heterocycles. The van der Waals surface area contributed by atoms with E-state index in [1.807, 2.05) is 47.4 Å². The Kier molecular flexibility index (Phi) is 3.95. The lowest BCUT2D eigenvalue weighted by molar-refractivity contribution is 0.701. The lowest BCUT2D eigenvalue weighted by Crippen LogP contribution is -2.13. The van der Waals surface area contributed by atoms with Gasteiger partial charge in [0, 0.05) is 31.3 Å². The number of terminal acetylenes is 1. The Bertz CT molecular complexity index is 494. The fourth-order valence-electron chi connectivity index (χ4n) is 1.57. The number of aromatic nitrogens is 2. The molecule has 2 rings (SSSR count). The van der Waals surface area contributed by atoms with Gasteiger partial charge in [0.15, 0.2) is 0 Å². The highest BCUT2D eigenvalue weighted by molar-refractivity contribution is 5.30. The lowest BCUT2D eigenvalue weighted by atomic mass is 10.3. The van der Waals surface area contributed by atoms with Crippen molar-refractivity contribution in [3.63, 3.8) is 0 Å².